The molecule has 0 aliphatic carbocycles. The van der Waals surface area contributed by atoms with Crippen molar-refractivity contribution in [3.63, 3.8) is 0 Å². The molecule has 2 unspecified atom stereocenters. The summed E-state index contributed by atoms with van der Waals surface area (Å²) in [6, 6.07) is 0. The largest absolute Gasteiger partial charge is 0.481 e. The van der Waals surface area contributed by atoms with Gasteiger partial charge in [-0.1, -0.05) is 57.6 Å². The summed E-state index contributed by atoms with van der Waals surface area (Å²) in [5, 5.41) is 8.58. The Kier molecular flexibility index (Phi) is 15.5. The fourth-order valence-corrected chi connectivity index (χ4v) is 2.82. The van der Waals surface area contributed by atoms with E-state index in [-0.39, 0.29) is 17.2 Å². The van der Waals surface area contributed by atoms with E-state index in [1.54, 1.807) is 0 Å². The van der Waals surface area contributed by atoms with Crippen LogP contribution in [0.1, 0.15) is 84.0 Å². The van der Waals surface area contributed by atoms with E-state index >= 15 is 0 Å². The van der Waals surface area contributed by atoms with Crippen molar-refractivity contribution in [1.82, 2.24) is 0 Å². The van der Waals surface area contributed by atoms with E-state index < -0.39 is 5.97 Å². The van der Waals surface area contributed by atoms with E-state index in [0.29, 0.717) is 0 Å². The number of carboxylic acids is 1. The highest BCUT2D eigenvalue weighted by Gasteiger charge is 2.14. The molecule has 0 aromatic carbocycles. The first-order chi connectivity index (χ1) is 10.6. The molecule has 0 bridgehead atoms. The minimum Gasteiger partial charge on any atom is -0.481 e. The number of halogens is 2. The average molecular weight is 351 g/mol. The van der Waals surface area contributed by atoms with Crippen molar-refractivity contribution in [2.45, 2.75) is 94.7 Å². The summed E-state index contributed by atoms with van der Waals surface area (Å²) < 4.78 is 0. The topological polar surface area (TPSA) is 37.3 Å². The van der Waals surface area contributed by atoms with Crippen LogP contribution >= 0.6 is 23.2 Å². The van der Waals surface area contributed by atoms with Gasteiger partial charge in [0.25, 0.3) is 0 Å². The van der Waals surface area contributed by atoms with Gasteiger partial charge in [0.05, 0.1) is 10.8 Å². The molecule has 0 rings (SSSR count). The monoisotopic (exact) mass is 350 g/mol. The van der Waals surface area contributed by atoms with Gasteiger partial charge in [-0.3, -0.25) is 4.79 Å². The Morgan fingerprint density at radius 1 is 0.955 bits per heavy atom. The molecule has 0 saturated heterocycles. The standard InChI is InChI=1S/C18H32Cl2O2/c1-2-3-4-5-7-10-13-16(19)17(20)14-11-8-6-9-12-15-18(21)22/h7,10,16-17H,2-6,8-9,11-15H2,1H3,(H,21,22)/b10-7+. The number of rotatable bonds is 15. The lowest BCUT2D eigenvalue weighted by Crippen LogP contribution is -2.14. The van der Waals surface area contributed by atoms with Gasteiger partial charge in [0.15, 0.2) is 0 Å². The molecule has 130 valence electrons. The van der Waals surface area contributed by atoms with Crippen molar-refractivity contribution in [3.05, 3.63) is 12.2 Å². The summed E-state index contributed by atoms with van der Waals surface area (Å²) in [5.41, 5.74) is 0. The Labute approximate surface area is 146 Å². The lowest BCUT2D eigenvalue weighted by atomic mass is 10.1. The zero-order chi connectivity index (χ0) is 16.6. The van der Waals surface area contributed by atoms with Crippen molar-refractivity contribution in [1.29, 1.82) is 0 Å². The number of carboxylic acid groups (broad SMARTS) is 1. The van der Waals surface area contributed by atoms with Crippen LogP contribution in [0.2, 0.25) is 0 Å². The molecular weight excluding hydrogens is 319 g/mol. The highest BCUT2D eigenvalue weighted by molar-refractivity contribution is 6.30. The summed E-state index contributed by atoms with van der Waals surface area (Å²) in [4.78, 5) is 10.4. The van der Waals surface area contributed by atoms with Crippen molar-refractivity contribution in [3.8, 4) is 0 Å². The first-order valence-electron chi connectivity index (χ1n) is 8.72. The van der Waals surface area contributed by atoms with Gasteiger partial charge in [0, 0.05) is 6.42 Å². The zero-order valence-electron chi connectivity index (χ0n) is 13.9. The van der Waals surface area contributed by atoms with Crippen LogP contribution in [0.4, 0.5) is 0 Å². The van der Waals surface area contributed by atoms with Crippen LogP contribution in [0.5, 0.6) is 0 Å². The number of hydrogen-bond donors (Lipinski definition) is 1. The Morgan fingerprint density at radius 3 is 2.32 bits per heavy atom. The number of alkyl halides is 2. The van der Waals surface area contributed by atoms with E-state index in [0.717, 1.165) is 51.4 Å². The normalized spacial score (nSPS) is 14.3. The first-order valence-corrected chi connectivity index (χ1v) is 9.60. The summed E-state index contributed by atoms with van der Waals surface area (Å²) in [6.07, 6.45) is 16.4. The fourth-order valence-electron chi connectivity index (χ4n) is 2.33. The molecule has 0 spiro atoms. The summed E-state index contributed by atoms with van der Waals surface area (Å²) >= 11 is 12.7. The molecule has 0 aliphatic rings. The molecule has 0 aliphatic heterocycles. The smallest absolute Gasteiger partial charge is 0.303 e. The average Bonchev–Trinajstić information content (AvgIpc) is 2.49. The molecule has 4 heteroatoms. The number of aliphatic carboxylic acids is 1. The van der Waals surface area contributed by atoms with Crippen molar-refractivity contribution in [2.24, 2.45) is 0 Å². The Morgan fingerprint density at radius 2 is 1.64 bits per heavy atom. The number of carbonyl (C=O) groups is 1. The Hall–Kier alpha value is -0.210. The molecule has 0 fully saturated rings. The van der Waals surface area contributed by atoms with Gasteiger partial charge in [-0.05, 0) is 32.1 Å². The summed E-state index contributed by atoms with van der Waals surface area (Å²) in [7, 11) is 0. The van der Waals surface area contributed by atoms with Crippen molar-refractivity contribution in [2.75, 3.05) is 0 Å². The third-order valence-corrected chi connectivity index (χ3v) is 4.90. The molecule has 0 amide bonds. The lowest BCUT2D eigenvalue weighted by Gasteiger charge is -2.14. The lowest BCUT2D eigenvalue weighted by molar-refractivity contribution is -0.137. The number of unbranched alkanes of at least 4 members (excludes halogenated alkanes) is 7. The molecule has 0 aromatic heterocycles. The molecule has 0 saturated carbocycles. The van der Waals surface area contributed by atoms with Gasteiger partial charge in [0.2, 0.25) is 0 Å². The van der Waals surface area contributed by atoms with Crippen LogP contribution in [0, 0.1) is 0 Å². The van der Waals surface area contributed by atoms with Crippen molar-refractivity contribution < 1.29 is 9.90 Å². The third kappa shape index (κ3) is 14.7. The minimum atomic E-state index is -0.700. The third-order valence-electron chi connectivity index (χ3n) is 3.77. The van der Waals surface area contributed by atoms with Crippen LogP contribution in [0.15, 0.2) is 12.2 Å². The maximum Gasteiger partial charge on any atom is 0.303 e. The molecule has 22 heavy (non-hydrogen) atoms. The minimum absolute atomic E-state index is 0.0103. The van der Waals surface area contributed by atoms with Crippen molar-refractivity contribution >= 4 is 29.2 Å². The summed E-state index contributed by atoms with van der Waals surface area (Å²) in [6.45, 7) is 2.21. The van der Waals surface area contributed by atoms with Crippen LogP contribution in [0.25, 0.3) is 0 Å². The van der Waals surface area contributed by atoms with Crippen LogP contribution in [-0.4, -0.2) is 21.8 Å². The van der Waals surface area contributed by atoms with Crippen LogP contribution in [0.3, 0.4) is 0 Å². The predicted octanol–water partition coefficient (Wildman–Crippen LogP) is 6.54. The van der Waals surface area contributed by atoms with Crippen LogP contribution < -0.4 is 0 Å². The van der Waals surface area contributed by atoms with Gasteiger partial charge >= 0.3 is 5.97 Å². The second-order valence-electron chi connectivity index (χ2n) is 5.94. The number of hydrogen-bond acceptors (Lipinski definition) is 1. The van der Waals surface area contributed by atoms with Gasteiger partial charge in [-0.15, -0.1) is 23.2 Å². The summed E-state index contributed by atoms with van der Waals surface area (Å²) in [5.74, 6) is -0.700. The number of allylic oxidation sites excluding steroid dienone is 2. The second-order valence-corrected chi connectivity index (χ2v) is 7.06. The van der Waals surface area contributed by atoms with Gasteiger partial charge in [0.1, 0.15) is 0 Å². The first kappa shape index (κ1) is 21.8. The molecule has 2 nitrogen and oxygen atoms in total. The quantitative estimate of drug-likeness (QED) is 0.206. The fraction of sp³-hybridized carbons (Fsp3) is 0.833. The second kappa shape index (κ2) is 15.7. The van der Waals surface area contributed by atoms with Gasteiger partial charge in [-0.2, -0.15) is 0 Å². The van der Waals surface area contributed by atoms with Gasteiger partial charge in [-0.25, -0.2) is 0 Å². The van der Waals surface area contributed by atoms with E-state index in [9.17, 15) is 4.79 Å². The maximum absolute atomic E-state index is 10.4. The highest BCUT2D eigenvalue weighted by Crippen LogP contribution is 2.21. The predicted molar refractivity (Wildman–Crippen MR) is 97.1 cm³/mol. The highest BCUT2D eigenvalue weighted by atomic mass is 35.5. The van der Waals surface area contributed by atoms with Gasteiger partial charge < -0.3 is 5.11 Å². The maximum atomic E-state index is 10.4. The SMILES string of the molecule is CCCCC/C=C/CC(Cl)C(Cl)CCCCCCCC(=O)O. The molecule has 2 atom stereocenters. The molecule has 0 aromatic rings. The Balaban J connectivity index is 3.49. The van der Waals surface area contributed by atoms with E-state index in [4.69, 9.17) is 28.3 Å². The molecule has 0 radical (unpaired) electrons. The van der Waals surface area contributed by atoms with Crippen LogP contribution in [-0.2, 0) is 4.79 Å². The van der Waals surface area contributed by atoms with E-state index in [2.05, 4.69) is 19.1 Å². The molecular formula is C18H32Cl2O2. The zero-order valence-corrected chi connectivity index (χ0v) is 15.4. The van der Waals surface area contributed by atoms with E-state index in [1.807, 2.05) is 0 Å². The molecule has 1 N–H and O–H groups in total. The Bertz CT molecular complexity index is 293. The molecule has 0 heterocycles. The van der Waals surface area contributed by atoms with E-state index in [1.165, 1.54) is 19.3 Å².